The van der Waals surface area contributed by atoms with E-state index in [-0.39, 0.29) is 91.9 Å². The minimum absolute atomic E-state index is 0. The Morgan fingerprint density at radius 3 is 2.00 bits per heavy atom. The molecule has 0 unspecified atom stereocenters. The second kappa shape index (κ2) is 14.9. The van der Waals surface area contributed by atoms with Gasteiger partial charge in [0.15, 0.2) is 5.75 Å². The van der Waals surface area contributed by atoms with Gasteiger partial charge in [0.25, 0.3) is 0 Å². The fourth-order valence-corrected chi connectivity index (χ4v) is 5.16. The van der Waals surface area contributed by atoms with Crippen LogP contribution in [0.25, 0.3) is 21.5 Å². The number of phenols is 2. The van der Waals surface area contributed by atoms with Crippen LogP contribution >= 0.6 is 12.0 Å². The van der Waals surface area contributed by atoms with Crippen molar-refractivity contribution in [1.29, 1.82) is 0 Å². The first-order valence-electron chi connectivity index (χ1n) is 11.5. The normalized spacial score (nSPS) is 11.7. The van der Waals surface area contributed by atoms with E-state index >= 15 is 0 Å². The number of hydrogen-bond donors (Lipinski definition) is 3. The predicted molar refractivity (Wildman–Crippen MR) is 146 cm³/mol. The molecule has 5 aromatic carbocycles. The third-order valence-corrected chi connectivity index (χ3v) is 7.24. The maximum absolute atomic E-state index is 12.1. The molecule has 5 aromatic rings. The first-order chi connectivity index (χ1) is 19.7. The van der Waals surface area contributed by atoms with Crippen molar-refractivity contribution < 1.29 is 96.9 Å². The van der Waals surface area contributed by atoms with Gasteiger partial charge < -0.3 is 25.8 Å². The van der Waals surface area contributed by atoms with E-state index in [0.29, 0.717) is 34.2 Å². The molecule has 208 valence electrons. The van der Waals surface area contributed by atoms with Gasteiger partial charge in [-0.3, -0.25) is 5.04 Å². The molecule has 0 spiro atoms. The standard InChI is InChI=1S/C26H19N5O8S2.2Na/c27-20-13-17(40-39-38-34)11-14-12-23(41(35,36)37)25(26(33)24(14)20)31-30-22-10-9-21(18-3-1-2-4-19(18)22)29-28-15-5-7-16(32)8-6-15;;/h1-13,32-34H,27H2,(H,35,36,37);;/q;2*+1/p-2. The molecule has 43 heavy (non-hydrogen) atoms. The topological polar surface area (TPSA) is 215 Å². The number of phenolic OH excluding ortho intramolecular Hbond substituents is 2. The molecule has 0 amide bonds. The molecule has 0 saturated carbocycles. The number of rotatable bonds is 8. The fourth-order valence-electron chi connectivity index (χ4n) is 4.06. The van der Waals surface area contributed by atoms with Gasteiger partial charge in [-0.25, -0.2) is 8.42 Å². The van der Waals surface area contributed by atoms with Crippen LogP contribution in [0.15, 0.2) is 109 Å². The molecular formula is C26H17N5Na2O8S2. The van der Waals surface area contributed by atoms with E-state index in [4.69, 9.17) is 5.73 Å². The summed E-state index contributed by atoms with van der Waals surface area (Å²) in [6.07, 6.45) is 0. The molecule has 0 fully saturated rings. The Morgan fingerprint density at radius 2 is 1.42 bits per heavy atom. The van der Waals surface area contributed by atoms with Crippen LogP contribution in [0, 0.1) is 0 Å². The van der Waals surface area contributed by atoms with E-state index in [1.165, 1.54) is 24.3 Å². The van der Waals surface area contributed by atoms with E-state index in [2.05, 4.69) is 29.8 Å². The van der Waals surface area contributed by atoms with Gasteiger partial charge in [0.1, 0.15) is 21.6 Å². The third-order valence-electron chi connectivity index (χ3n) is 5.84. The Bertz CT molecular complexity index is 1960. The van der Waals surface area contributed by atoms with Crippen molar-refractivity contribution in [2.75, 3.05) is 5.73 Å². The maximum atomic E-state index is 12.1. The van der Waals surface area contributed by atoms with Crippen molar-refractivity contribution in [3.8, 4) is 11.5 Å². The molecule has 13 nitrogen and oxygen atoms in total. The number of anilines is 1. The first kappa shape index (κ1) is 34.8. The molecule has 0 saturated heterocycles. The second-order valence-corrected chi connectivity index (χ2v) is 10.5. The van der Waals surface area contributed by atoms with Gasteiger partial charge in [0, 0.05) is 26.7 Å². The monoisotopic (exact) mass is 637 g/mol. The average Bonchev–Trinajstić information content (AvgIpc) is 2.94. The van der Waals surface area contributed by atoms with Crippen LogP contribution in [0.1, 0.15) is 0 Å². The van der Waals surface area contributed by atoms with Crippen LogP contribution in [-0.4, -0.2) is 23.2 Å². The molecule has 0 aliphatic heterocycles. The number of hydrogen-bond acceptors (Lipinski definition) is 14. The SMILES string of the molecule is Nc1cc(SOO[O-])cc2cc(S(=O)(=O)[O-])c(N=Nc3ccc(N=Nc4ccc(O)cc4)c4ccccc34)c(O)c12.[Na+].[Na+]. The Morgan fingerprint density at radius 1 is 0.814 bits per heavy atom. The molecule has 0 aromatic heterocycles. The molecule has 0 bridgehead atoms. The predicted octanol–water partition coefficient (Wildman–Crippen LogP) is -0.0401. The number of fused-ring (bicyclic) bond motifs is 2. The molecule has 0 aliphatic carbocycles. The Kier molecular flexibility index (Phi) is 12.1. The molecule has 4 N–H and O–H groups in total. The summed E-state index contributed by atoms with van der Waals surface area (Å²) < 4.78 is 40.7. The van der Waals surface area contributed by atoms with Crippen molar-refractivity contribution in [1.82, 2.24) is 0 Å². The first-order valence-corrected chi connectivity index (χ1v) is 13.6. The maximum Gasteiger partial charge on any atom is 1.00 e. The zero-order valence-corrected chi connectivity index (χ0v) is 28.2. The van der Waals surface area contributed by atoms with Crippen molar-refractivity contribution >= 4 is 72.1 Å². The van der Waals surface area contributed by atoms with E-state index in [0.717, 1.165) is 6.07 Å². The van der Waals surface area contributed by atoms with Crippen LogP contribution in [0.4, 0.5) is 28.4 Å². The van der Waals surface area contributed by atoms with Crippen molar-refractivity contribution in [3.05, 3.63) is 78.9 Å². The van der Waals surface area contributed by atoms with Crippen LogP contribution in [0.2, 0.25) is 0 Å². The van der Waals surface area contributed by atoms with Gasteiger partial charge in [-0.2, -0.15) is 9.45 Å². The smallest absolute Gasteiger partial charge is 0.744 e. The van der Waals surface area contributed by atoms with Crippen LogP contribution in [0.3, 0.4) is 0 Å². The Labute approximate surface area is 292 Å². The van der Waals surface area contributed by atoms with Crippen LogP contribution in [0.5, 0.6) is 11.5 Å². The van der Waals surface area contributed by atoms with Crippen LogP contribution < -0.4 is 70.1 Å². The van der Waals surface area contributed by atoms with E-state index < -0.39 is 26.5 Å². The van der Waals surface area contributed by atoms with Gasteiger partial charge in [0.05, 0.1) is 34.0 Å². The molecule has 0 radical (unpaired) electrons. The Balaban J connectivity index is 0.00000253. The van der Waals surface area contributed by atoms with Gasteiger partial charge >= 0.3 is 59.1 Å². The molecule has 0 heterocycles. The summed E-state index contributed by atoms with van der Waals surface area (Å²) in [5, 5.41) is 51.7. The van der Waals surface area contributed by atoms with Gasteiger partial charge in [-0.1, -0.05) is 24.3 Å². The molecule has 0 aliphatic rings. The molecular weight excluding hydrogens is 620 g/mol. The number of nitrogen functional groups attached to an aromatic ring is 1. The molecule has 17 heteroatoms. The summed E-state index contributed by atoms with van der Waals surface area (Å²) in [5.74, 6) is -0.583. The number of aromatic hydroxyl groups is 2. The summed E-state index contributed by atoms with van der Waals surface area (Å²) >= 11 is 0.495. The zero-order valence-electron chi connectivity index (χ0n) is 22.5. The zero-order chi connectivity index (χ0) is 29.1. The quantitative estimate of drug-likeness (QED) is 0.0393. The van der Waals surface area contributed by atoms with Crippen molar-refractivity contribution in [2.24, 2.45) is 20.5 Å². The molecule has 0 atom stereocenters. The van der Waals surface area contributed by atoms with Gasteiger partial charge in [-0.15, -0.1) is 15.3 Å². The number of nitrogens with zero attached hydrogens (tertiary/aromatic N) is 4. The third kappa shape index (κ3) is 7.91. The Hall–Kier alpha value is -2.64. The van der Waals surface area contributed by atoms with E-state index in [1.807, 2.05) is 0 Å². The van der Waals surface area contributed by atoms with E-state index in [1.54, 1.807) is 48.5 Å². The summed E-state index contributed by atoms with van der Waals surface area (Å²) in [6.45, 7) is 0. The van der Waals surface area contributed by atoms with Gasteiger partial charge in [-0.05, 0) is 60.0 Å². The van der Waals surface area contributed by atoms with Crippen molar-refractivity contribution in [3.63, 3.8) is 0 Å². The summed E-state index contributed by atoms with van der Waals surface area (Å²) in [7, 11) is -5.14. The van der Waals surface area contributed by atoms with Crippen molar-refractivity contribution in [2.45, 2.75) is 9.79 Å². The number of nitrogens with two attached hydrogens (primary N) is 1. The average molecular weight is 638 g/mol. The minimum Gasteiger partial charge on any atom is -0.744 e. The molecule has 5 rings (SSSR count). The van der Waals surface area contributed by atoms with Crippen LogP contribution in [-0.2, 0) is 19.5 Å². The summed E-state index contributed by atoms with van der Waals surface area (Å²) in [4.78, 5) is -0.597. The van der Waals surface area contributed by atoms with E-state index in [9.17, 15) is 28.4 Å². The number of benzene rings is 5. The largest absolute Gasteiger partial charge is 1.00 e. The second-order valence-electron chi connectivity index (χ2n) is 8.42. The summed E-state index contributed by atoms with van der Waals surface area (Å²) in [5.41, 5.74) is 6.74. The fraction of sp³-hybridized carbons (Fsp3) is 0. The minimum atomic E-state index is -5.14. The summed E-state index contributed by atoms with van der Waals surface area (Å²) in [6, 6.07) is 20.1. The van der Waals surface area contributed by atoms with Gasteiger partial charge in [0.2, 0.25) is 0 Å². The number of azo groups is 2.